The fourth-order valence-electron chi connectivity index (χ4n) is 3.85. The summed E-state index contributed by atoms with van der Waals surface area (Å²) in [6, 6.07) is 6.17. The van der Waals surface area contributed by atoms with Crippen LogP contribution in [0, 0.1) is 6.92 Å². The van der Waals surface area contributed by atoms with Crippen molar-refractivity contribution in [2.45, 2.75) is 46.7 Å². The van der Waals surface area contributed by atoms with E-state index in [4.69, 9.17) is 5.73 Å². The molecule has 0 spiro atoms. The molecule has 34 heavy (non-hydrogen) atoms. The summed E-state index contributed by atoms with van der Waals surface area (Å²) in [5.74, 6) is 1.41. The van der Waals surface area contributed by atoms with Crippen LogP contribution < -0.4 is 11.1 Å². The molecule has 3 N–H and O–H groups in total. The first-order chi connectivity index (χ1) is 16.4. The summed E-state index contributed by atoms with van der Waals surface area (Å²) in [5.41, 5.74) is 10.4. The molecule has 0 bridgehead atoms. The molecular formula is C25H30N8O. The number of hydrogen-bond donors (Lipinski definition) is 2. The van der Waals surface area contributed by atoms with E-state index in [2.05, 4.69) is 32.3 Å². The number of hydrogen-bond acceptors (Lipinski definition) is 7. The molecule has 0 aliphatic carbocycles. The van der Waals surface area contributed by atoms with Gasteiger partial charge in [-0.3, -0.25) is 19.4 Å². The van der Waals surface area contributed by atoms with Crippen molar-refractivity contribution in [2.75, 3.05) is 17.6 Å². The summed E-state index contributed by atoms with van der Waals surface area (Å²) < 4.78 is 1.95. The van der Waals surface area contributed by atoms with Crippen molar-refractivity contribution >= 4 is 34.5 Å². The van der Waals surface area contributed by atoms with Crippen LogP contribution in [0.5, 0.6) is 0 Å². The molecule has 0 unspecified atom stereocenters. The summed E-state index contributed by atoms with van der Waals surface area (Å²) in [6.45, 7) is 9.43. The zero-order valence-corrected chi connectivity index (χ0v) is 20.0. The van der Waals surface area contributed by atoms with Crippen molar-refractivity contribution in [3.63, 3.8) is 0 Å². The summed E-state index contributed by atoms with van der Waals surface area (Å²) in [6.07, 6.45) is 8.66. The van der Waals surface area contributed by atoms with Crippen LogP contribution in [-0.4, -0.2) is 48.6 Å². The highest BCUT2D eigenvalue weighted by Gasteiger charge is 2.12. The molecule has 4 heterocycles. The van der Waals surface area contributed by atoms with E-state index < -0.39 is 0 Å². The quantitative estimate of drug-likeness (QED) is 0.365. The largest absolute Gasteiger partial charge is 0.397 e. The van der Waals surface area contributed by atoms with Gasteiger partial charge in [0.25, 0.3) is 0 Å². The van der Waals surface area contributed by atoms with Crippen LogP contribution in [0.1, 0.15) is 32.0 Å². The summed E-state index contributed by atoms with van der Waals surface area (Å²) >= 11 is 0. The zero-order chi connectivity index (χ0) is 24.2. The van der Waals surface area contributed by atoms with Crippen molar-refractivity contribution in [3.8, 4) is 11.3 Å². The second kappa shape index (κ2) is 9.86. The Bertz CT molecular complexity index is 1310. The Labute approximate surface area is 199 Å². The number of nitrogens with zero attached hydrogens (tertiary/aromatic N) is 6. The molecule has 0 fully saturated rings. The van der Waals surface area contributed by atoms with Gasteiger partial charge >= 0.3 is 0 Å². The standard InChI is InChI=1S/C25H30N8O/c1-5-33-20(6-7-32(15-34)16(2)3)10-25(31-33)30-24-9-18-8-23(28-11-19(18)12-29-24)21-13-27-14-22(26)17(21)4/h8-16H,5-7,26H2,1-4H3,(H,29,30,31). The van der Waals surface area contributed by atoms with E-state index in [1.54, 1.807) is 23.5 Å². The van der Waals surface area contributed by atoms with Crippen molar-refractivity contribution in [1.82, 2.24) is 29.6 Å². The minimum Gasteiger partial charge on any atom is -0.397 e. The number of carbonyl (C=O) groups is 1. The van der Waals surface area contributed by atoms with Gasteiger partial charge in [0, 0.05) is 66.9 Å². The van der Waals surface area contributed by atoms with Gasteiger partial charge in [0.1, 0.15) is 5.82 Å². The number of fused-ring (bicyclic) bond motifs is 1. The zero-order valence-electron chi connectivity index (χ0n) is 20.0. The minimum atomic E-state index is 0.168. The summed E-state index contributed by atoms with van der Waals surface area (Å²) in [7, 11) is 0. The average molecular weight is 459 g/mol. The normalized spacial score (nSPS) is 11.2. The monoisotopic (exact) mass is 458 g/mol. The van der Waals surface area contributed by atoms with Gasteiger partial charge in [-0.25, -0.2) is 4.98 Å². The highest BCUT2D eigenvalue weighted by Crippen LogP contribution is 2.28. The molecule has 0 radical (unpaired) electrons. The number of nitrogens with two attached hydrogens (primary N) is 1. The molecule has 0 atom stereocenters. The van der Waals surface area contributed by atoms with Crippen LogP contribution in [0.25, 0.3) is 22.0 Å². The van der Waals surface area contributed by atoms with Crippen LogP contribution in [0.15, 0.2) is 43.0 Å². The maximum atomic E-state index is 11.3. The Balaban J connectivity index is 1.58. The van der Waals surface area contributed by atoms with Crippen LogP contribution >= 0.6 is 0 Å². The van der Waals surface area contributed by atoms with Gasteiger partial charge in [-0.1, -0.05) is 0 Å². The number of anilines is 3. The number of aromatic nitrogens is 5. The van der Waals surface area contributed by atoms with E-state index >= 15 is 0 Å². The van der Waals surface area contributed by atoms with Crippen LogP contribution in [-0.2, 0) is 17.8 Å². The van der Waals surface area contributed by atoms with Crippen LogP contribution in [0.4, 0.5) is 17.3 Å². The predicted octanol–water partition coefficient (Wildman–Crippen LogP) is 3.95. The highest BCUT2D eigenvalue weighted by atomic mass is 16.1. The summed E-state index contributed by atoms with van der Waals surface area (Å²) in [4.78, 5) is 26.4. The van der Waals surface area contributed by atoms with Gasteiger partial charge in [0.15, 0.2) is 5.82 Å². The third kappa shape index (κ3) is 4.83. The third-order valence-corrected chi connectivity index (χ3v) is 5.98. The smallest absolute Gasteiger partial charge is 0.209 e. The van der Waals surface area contributed by atoms with E-state index in [1.165, 1.54) is 0 Å². The second-order valence-electron chi connectivity index (χ2n) is 8.54. The molecular weight excluding hydrogens is 428 g/mol. The van der Waals surface area contributed by atoms with Crippen LogP contribution in [0.3, 0.4) is 0 Å². The molecule has 4 aromatic rings. The highest BCUT2D eigenvalue weighted by molar-refractivity contribution is 5.87. The first-order valence-electron chi connectivity index (χ1n) is 11.4. The molecule has 9 nitrogen and oxygen atoms in total. The third-order valence-electron chi connectivity index (χ3n) is 5.98. The molecule has 0 aromatic carbocycles. The lowest BCUT2D eigenvalue weighted by molar-refractivity contribution is -0.119. The lowest BCUT2D eigenvalue weighted by atomic mass is 10.0. The van der Waals surface area contributed by atoms with E-state index in [-0.39, 0.29) is 6.04 Å². The molecule has 9 heteroatoms. The van der Waals surface area contributed by atoms with Gasteiger partial charge in [-0.2, -0.15) is 5.10 Å². The minimum absolute atomic E-state index is 0.168. The maximum Gasteiger partial charge on any atom is 0.209 e. The molecule has 0 aliphatic heterocycles. The molecule has 4 aromatic heterocycles. The molecule has 0 saturated carbocycles. The van der Waals surface area contributed by atoms with E-state index in [1.807, 2.05) is 49.8 Å². The number of pyridine rings is 3. The van der Waals surface area contributed by atoms with E-state index in [0.29, 0.717) is 18.1 Å². The first kappa shape index (κ1) is 23.2. The van der Waals surface area contributed by atoms with E-state index in [0.717, 1.165) is 58.5 Å². The Morgan fingerprint density at radius 2 is 1.88 bits per heavy atom. The van der Waals surface area contributed by atoms with E-state index in [9.17, 15) is 4.79 Å². The van der Waals surface area contributed by atoms with Gasteiger partial charge in [0.05, 0.1) is 17.6 Å². The Morgan fingerprint density at radius 1 is 1.09 bits per heavy atom. The second-order valence-corrected chi connectivity index (χ2v) is 8.54. The molecule has 0 saturated heterocycles. The van der Waals surface area contributed by atoms with Crippen LogP contribution in [0.2, 0.25) is 0 Å². The van der Waals surface area contributed by atoms with Crippen molar-refractivity contribution in [2.24, 2.45) is 0 Å². The van der Waals surface area contributed by atoms with Crippen molar-refractivity contribution < 1.29 is 4.79 Å². The molecule has 0 aliphatic rings. The molecule has 1 amide bonds. The van der Waals surface area contributed by atoms with Gasteiger partial charge in [-0.05, 0) is 50.8 Å². The Hall–Kier alpha value is -4.01. The average Bonchev–Trinajstić information content (AvgIpc) is 3.22. The Morgan fingerprint density at radius 3 is 2.62 bits per heavy atom. The molecule has 4 rings (SSSR count). The SMILES string of the molecule is CCn1nc(Nc2cc3cc(-c4cncc(N)c4C)ncc3cn2)cc1CCN(C=O)C(C)C. The van der Waals surface area contributed by atoms with Gasteiger partial charge < -0.3 is 16.0 Å². The van der Waals surface area contributed by atoms with Crippen molar-refractivity contribution in [3.05, 3.63) is 54.2 Å². The number of rotatable bonds is 9. The number of amides is 1. The Kier molecular flexibility index (Phi) is 6.72. The van der Waals surface area contributed by atoms with Gasteiger partial charge in [0.2, 0.25) is 6.41 Å². The lowest BCUT2D eigenvalue weighted by Gasteiger charge is -2.21. The fourth-order valence-corrected chi connectivity index (χ4v) is 3.85. The predicted molar refractivity (Wildman–Crippen MR) is 135 cm³/mol. The fraction of sp³-hybridized carbons (Fsp3) is 0.320. The first-order valence-corrected chi connectivity index (χ1v) is 11.4. The van der Waals surface area contributed by atoms with Crippen molar-refractivity contribution in [1.29, 1.82) is 0 Å². The number of nitrogens with one attached hydrogen (secondary N) is 1. The number of nitrogen functional groups attached to an aromatic ring is 1. The topological polar surface area (TPSA) is 115 Å². The molecule has 176 valence electrons. The number of aryl methyl sites for hydroxylation is 1. The van der Waals surface area contributed by atoms with Gasteiger partial charge in [-0.15, -0.1) is 0 Å². The maximum absolute atomic E-state index is 11.3. The lowest BCUT2D eigenvalue weighted by Crippen LogP contribution is -2.31. The number of carbonyl (C=O) groups excluding carboxylic acids is 1. The summed E-state index contributed by atoms with van der Waals surface area (Å²) in [5, 5.41) is 9.91.